The number of fused-ring (bicyclic) bond motifs is 5. The predicted octanol–water partition coefficient (Wildman–Crippen LogP) is 9.59. The summed E-state index contributed by atoms with van der Waals surface area (Å²) < 4.78 is 35.4. The van der Waals surface area contributed by atoms with E-state index in [2.05, 4.69) is 52.5 Å². The molecule has 1 unspecified atom stereocenters. The maximum absolute atomic E-state index is 12.6. The fourth-order valence-electron chi connectivity index (χ4n) is 11.9. The number of aliphatic hydroxyl groups is 1. The van der Waals surface area contributed by atoms with Crippen molar-refractivity contribution < 1.29 is 51.8 Å². The van der Waals surface area contributed by atoms with Crippen molar-refractivity contribution >= 4 is 84.7 Å². The average Bonchev–Trinajstić information content (AvgIpc) is 1.70. The van der Waals surface area contributed by atoms with Crippen molar-refractivity contribution in [3.05, 3.63) is 197 Å². The van der Waals surface area contributed by atoms with E-state index in [9.17, 15) is 42.3 Å². The molecular weight excluding hydrogens is 1230 g/mol. The molecule has 23 heteroatoms. The SMILES string of the molecule is C.C#CCN(c1ccc(C(=O)O)cc1)[C@H]1CCc2cc3nc(CO)[nH]c(=O)c3cc21.C#CCN(c1ccc(C(=O)OC)cc1)C1CCc2cc(N=CCC)c(C(N)=O)cc21.C#CCN(c1ccc(C(=O)OC)cc1)[C@H]1CCc2cc3nc(CC)[nH]c(=O)c3cc21.CS(=O)(=O)O. The van der Waals surface area contributed by atoms with Crippen LogP contribution in [-0.2, 0) is 51.9 Å². The minimum atomic E-state index is -3.67. The van der Waals surface area contributed by atoms with Crippen LogP contribution in [0.1, 0.15) is 152 Å². The largest absolute Gasteiger partial charge is 0.478 e. The molecule has 95 heavy (non-hydrogen) atoms. The van der Waals surface area contributed by atoms with Crippen molar-refractivity contribution in [2.24, 2.45) is 10.7 Å². The summed E-state index contributed by atoms with van der Waals surface area (Å²) in [6, 6.07) is 32.6. The Labute approximate surface area is 551 Å². The number of aromatic carboxylic acids is 1. The van der Waals surface area contributed by atoms with E-state index >= 15 is 0 Å². The number of aryl methyl sites for hydroxylation is 4. The molecule has 492 valence electrons. The first-order chi connectivity index (χ1) is 45.1. The number of anilines is 3. The van der Waals surface area contributed by atoms with Gasteiger partial charge >= 0.3 is 17.9 Å². The summed E-state index contributed by atoms with van der Waals surface area (Å²) in [4.78, 5) is 96.7. The fraction of sp³-hybridized carbons (Fsp3) is 0.292. The molecule has 22 nitrogen and oxygen atoms in total. The number of ether oxygens (including phenoxy) is 2. The van der Waals surface area contributed by atoms with E-state index in [0.717, 1.165) is 95.3 Å². The van der Waals surface area contributed by atoms with Gasteiger partial charge in [0.25, 0.3) is 27.1 Å². The Hall–Kier alpha value is -10.9. The van der Waals surface area contributed by atoms with Crippen LogP contribution in [0.4, 0.5) is 22.7 Å². The summed E-state index contributed by atoms with van der Waals surface area (Å²) in [7, 11) is -0.952. The van der Waals surface area contributed by atoms with Gasteiger partial charge in [-0.25, -0.2) is 24.4 Å². The second-order valence-corrected chi connectivity index (χ2v) is 23.6. The Morgan fingerprint density at radius 2 is 1.01 bits per heavy atom. The molecule has 0 bridgehead atoms. The number of carboxylic acid groups (broad SMARTS) is 1. The van der Waals surface area contributed by atoms with Crippen molar-refractivity contribution in [2.45, 2.75) is 97.4 Å². The van der Waals surface area contributed by atoms with Crippen LogP contribution in [0.5, 0.6) is 0 Å². The van der Waals surface area contributed by atoms with Gasteiger partial charge in [-0.2, -0.15) is 8.42 Å². The number of benzene rings is 6. The monoisotopic (exact) mass is 1310 g/mol. The molecule has 3 aliphatic rings. The van der Waals surface area contributed by atoms with Crippen LogP contribution in [0.3, 0.4) is 0 Å². The number of carbonyl (C=O) groups excluding carboxylic acids is 3. The molecule has 11 rings (SSSR count). The quantitative estimate of drug-likeness (QED) is 0.0214. The number of hydrogen-bond acceptors (Lipinski definition) is 17. The highest BCUT2D eigenvalue weighted by molar-refractivity contribution is 7.85. The van der Waals surface area contributed by atoms with E-state index in [0.29, 0.717) is 76.8 Å². The van der Waals surface area contributed by atoms with Gasteiger partial charge in [-0.15, -0.1) is 19.3 Å². The van der Waals surface area contributed by atoms with Crippen molar-refractivity contribution in [2.75, 3.05) is 54.8 Å². The fourth-order valence-corrected chi connectivity index (χ4v) is 11.9. The molecule has 3 atom stereocenters. The van der Waals surface area contributed by atoms with Crippen molar-refractivity contribution in [1.82, 2.24) is 19.9 Å². The smallest absolute Gasteiger partial charge is 0.337 e. The molecule has 6 aromatic carbocycles. The molecule has 7 N–H and O–H groups in total. The van der Waals surface area contributed by atoms with E-state index < -0.39 is 22.0 Å². The summed E-state index contributed by atoms with van der Waals surface area (Å²) in [6.07, 6.45) is 26.0. The number of terminal acetylenes is 3. The topological polar surface area (TPSA) is 321 Å². The first-order valence-corrected chi connectivity index (χ1v) is 31.9. The van der Waals surface area contributed by atoms with Gasteiger partial charge in [0.2, 0.25) is 0 Å². The average molecular weight is 1310 g/mol. The molecule has 2 aromatic heterocycles. The lowest BCUT2D eigenvalue weighted by Crippen LogP contribution is -2.28. The summed E-state index contributed by atoms with van der Waals surface area (Å²) in [5.74, 6) is 6.83. The number of hydrogen-bond donors (Lipinski definition) is 6. The van der Waals surface area contributed by atoms with Crippen molar-refractivity contribution in [3.63, 3.8) is 0 Å². The standard InChI is InChI=1S/C24H23N3O3.C24H25N3O3.C22H19N3O4.CH4O3S.CH4/c1-4-12-27(17-9-6-15(7-10-17)24(29)30-3)21-11-8-16-13-20-19(14-18(16)21)23(28)26-22(5-2)25-20;1-4-12-26-21-14-17-8-11-22(19(17)15-20(21)23(25)28)27(13-5-2)18-9-6-16(7-10-18)24(29)30-3;1-2-9-25(15-6-3-13(4-7-15)22(28)29)19-8-5-14-10-18-17(11-16(14)19)21(27)24-20(12-26)23-18;1-5(2,3)4;/h1,6-7,9-10,13-14,21H,5,8,11-12H2,2-3H3,(H,25,26,28);2,6-7,9-10,12,14-15,22H,4,8,11,13H2,1,3H3,(H2,25,28);1,3-4,6-7,10-11,19,26H,5,8-9,12H2,(H,28,29)(H,23,24,27);1H3,(H,2,3,4);1H4/t21-;;19-;;/m0.0../s1. The van der Waals surface area contributed by atoms with Crippen LogP contribution in [0.2, 0.25) is 0 Å². The molecular formula is C72H75N9O13S. The van der Waals surface area contributed by atoms with Crippen LogP contribution < -0.4 is 31.6 Å². The first-order valence-electron chi connectivity index (χ1n) is 30.0. The second-order valence-electron chi connectivity index (χ2n) is 22.1. The zero-order chi connectivity index (χ0) is 68.0. The molecule has 0 saturated heterocycles. The van der Waals surface area contributed by atoms with E-state index in [-0.39, 0.29) is 66.6 Å². The molecule has 0 aliphatic heterocycles. The Balaban J connectivity index is 0.000000193. The molecule has 0 fully saturated rings. The number of amides is 1. The van der Waals surface area contributed by atoms with Gasteiger partial charge in [0.1, 0.15) is 18.3 Å². The minimum Gasteiger partial charge on any atom is -0.478 e. The molecule has 1 amide bonds. The molecule has 8 aromatic rings. The molecule has 3 aliphatic carbocycles. The number of aromatic amines is 2. The van der Waals surface area contributed by atoms with Gasteiger partial charge in [-0.1, -0.05) is 39.0 Å². The summed E-state index contributed by atoms with van der Waals surface area (Å²) >= 11 is 0. The van der Waals surface area contributed by atoms with Crippen LogP contribution in [0, 0.1) is 37.0 Å². The van der Waals surface area contributed by atoms with E-state index in [1.807, 2.05) is 79.4 Å². The number of aliphatic hydroxyl groups excluding tert-OH is 1. The zero-order valence-corrected chi connectivity index (χ0v) is 53.3. The number of H-pyrrole nitrogens is 2. The number of esters is 2. The molecule has 0 saturated carbocycles. The lowest BCUT2D eigenvalue weighted by atomic mass is 10.0. The first kappa shape index (κ1) is 71.5. The third-order valence-electron chi connectivity index (χ3n) is 16.2. The highest BCUT2D eigenvalue weighted by Crippen LogP contribution is 2.43. The number of aliphatic imine (C=N–C) groups is 1. The van der Waals surface area contributed by atoms with Gasteiger partial charge in [0.05, 0.1) is 108 Å². The van der Waals surface area contributed by atoms with Gasteiger partial charge < -0.3 is 50.1 Å². The zero-order valence-electron chi connectivity index (χ0n) is 52.5. The van der Waals surface area contributed by atoms with E-state index in [1.54, 1.807) is 54.7 Å². The third-order valence-corrected chi connectivity index (χ3v) is 16.2. The molecule has 2 heterocycles. The number of nitrogens with two attached hydrogens (primary N) is 1. The minimum absolute atomic E-state index is 0. The number of carboxylic acids is 1. The van der Waals surface area contributed by atoms with Gasteiger partial charge in [0.15, 0.2) is 0 Å². The van der Waals surface area contributed by atoms with Crippen LogP contribution in [-0.4, -0.2) is 113 Å². The number of rotatable bonds is 17. The normalized spacial score (nSPS) is 14.6. The Morgan fingerprint density at radius 1 is 0.642 bits per heavy atom. The van der Waals surface area contributed by atoms with Gasteiger partial charge in [-0.3, -0.25) is 23.9 Å². The van der Waals surface area contributed by atoms with Crippen LogP contribution in [0.15, 0.2) is 124 Å². The second kappa shape index (κ2) is 32.1. The summed E-state index contributed by atoms with van der Waals surface area (Å²) in [5.41, 5.74) is 17.9. The number of primary amides is 1. The predicted molar refractivity (Wildman–Crippen MR) is 368 cm³/mol. The third kappa shape index (κ3) is 17.0. The Bertz CT molecular complexity index is 4560. The van der Waals surface area contributed by atoms with Crippen LogP contribution >= 0.6 is 0 Å². The van der Waals surface area contributed by atoms with Gasteiger partial charge in [0, 0.05) is 29.7 Å². The summed E-state index contributed by atoms with van der Waals surface area (Å²) in [5, 5.41) is 19.5. The Kier molecular flexibility index (Phi) is 24.2. The number of methoxy groups -OCH3 is 2. The van der Waals surface area contributed by atoms with Crippen LogP contribution in [0.25, 0.3) is 21.8 Å². The molecule has 0 radical (unpaired) electrons. The number of carbonyl (C=O) groups is 4. The Morgan fingerprint density at radius 3 is 1.36 bits per heavy atom. The lowest BCUT2D eigenvalue weighted by molar-refractivity contribution is 0.0592. The maximum atomic E-state index is 12.6. The van der Waals surface area contributed by atoms with E-state index in [1.165, 1.54) is 19.8 Å². The van der Waals surface area contributed by atoms with E-state index in [4.69, 9.17) is 44.1 Å². The number of nitrogens with one attached hydrogen (secondary N) is 2. The van der Waals surface area contributed by atoms with Crippen molar-refractivity contribution in [1.29, 1.82) is 0 Å². The highest BCUT2D eigenvalue weighted by atomic mass is 32.2. The maximum Gasteiger partial charge on any atom is 0.337 e. The van der Waals surface area contributed by atoms with Crippen molar-refractivity contribution in [3.8, 4) is 37.0 Å². The lowest BCUT2D eigenvalue weighted by Gasteiger charge is -2.30. The summed E-state index contributed by atoms with van der Waals surface area (Å²) in [6.45, 7) is 4.79. The molecule has 0 spiro atoms. The number of nitrogens with zero attached hydrogens (tertiary/aromatic N) is 6. The number of aromatic nitrogens is 4. The highest BCUT2D eigenvalue weighted by Gasteiger charge is 2.33. The van der Waals surface area contributed by atoms with Gasteiger partial charge in [-0.05, 0) is 188 Å².